The maximum atomic E-state index is 11.7. The number of carboxylic acid groups (broad SMARTS) is 1. The number of carbonyl (C=O) groups excluding carboxylic acids is 1. The third-order valence-electron chi connectivity index (χ3n) is 3.02. The normalized spacial score (nSPS) is 13.6. The molecule has 0 aliphatic rings. The SMILES string of the molecule is CCCCCC(C)NC(=O)NC(C)CCCC(=O)O. The number of hydrogen-bond donors (Lipinski definition) is 3. The lowest BCUT2D eigenvalue weighted by molar-refractivity contribution is -0.137. The second kappa shape index (κ2) is 10.6. The van der Waals surface area contributed by atoms with Crippen LogP contribution in [0.15, 0.2) is 0 Å². The van der Waals surface area contributed by atoms with Crippen molar-refractivity contribution in [3.05, 3.63) is 0 Å². The van der Waals surface area contributed by atoms with Gasteiger partial charge >= 0.3 is 12.0 Å². The van der Waals surface area contributed by atoms with Crippen molar-refractivity contribution in [2.75, 3.05) is 0 Å². The number of carboxylic acids is 1. The van der Waals surface area contributed by atoms with Gasteiger partial charge in [-0.15, -0.1) is 0 Å². The van der Waals surface area contributed by atoms with Crippen molar-refractivity contribution in [3.8, 4) is 0 Å². The summed E-state index contributed by atoms with van der Waals surface area (Å²) >= 11 is 0. The highest BCUT2D eigenvalue weighted by atomic mass is 16.4. The fourth-order valence-electron chi connectivity index (χ4n) is 1.89. The molecular weight excluding hydrogens is 244 g/mol. The molecule has 19 heavy (non-hydrogen) atoms. The van der Waals surface area contributed by atoms with Gasteiger partial charge in [-0.2, -0.15) is 0 Å². The molecule has 0 aromatic heterocycles. The summed E-state index contributed by atoms with van der Waals surface area (Å²) in [6.45, 7) is 6.05. The van der Waals surface area contributed by atoms with Gasteiger partial charge in [0.05, 0.1) is 0 Å². The predicted octanol–water partition coefficient (Wildman–Crippen LogP) is 2.90. The van der Waals surface area contributed by atoms with Crippen LogP contribution in [0.2, 0.25) is 0 Å². The summed E-state index contributed by atoms with van der Waals surface area (Å²) < 4.78 is 0. The maximum Gasteiger partial charge on any atom is 0.315 e. The molecule has 0 saturated heterocycles. The van der Waals surface area contributed by atoms with Crippen LogP contribution in [0, 0.1) is 0 Å². The lowest BCUT2D eigenvalue weighted by atomic mass is 10.1. The summed E-state index contributed by atoms with van der Waals surface area (Å²) in [7, 11) is 0. The molecule has 5 nitrogen and oxygen atoms in total. The van der Waals surface area contributed by atoms with E-state index in [2.05, 4.69) is 17.6 Å². The van der Waals surface area contributed by atoms with Crippen LogP contribution < -0.4 is 10.6 Å². The lowest BCUT2D eigenvalue weighted by Gasteiger charge is -2.18. The monoisotopic (exact) mass is 272 g/mol. The lowest BCUT2D eigenvalue weighted by Crippen LogP contribution is -2.44. The molecule has 0 saturated carbocycles. The maximum absolute atomic E-state index is 11.7. The molecule has 0 aromatic rings. The zero-order valence-electron chi connectivity index (χ0n) is 12.4. The molecule has 0 rings (SSSR count). The Hall–Kier alpha value is -1.26. The Morgan fingerprint density at radius 2 is 1.53 bits per heavy atom. The molecule has 2 amide bonds. The number of nitrogens with one attached hydrogen (secondary N) is 2. The van der Waals surface area contributed by atoms with Crippen molar-refractivity contribution in [1.29, 1.82) is 0 Å². The van der Waals surface area contributed by atoms with E-state index in [1.807, 2.05) is 13.8 Å². The van der Waals surface area contributed by atoms with E-state index in [4.69, 9.17) is 5.11 Å². The topological polar surface area (TPSA) is 78.4 Å². The number of unbranched alkanes of at least 4 members (excludes halogenated alkanes) is 2. The highest BCUT2D eigenvalue weighted by Crippen LogP contribution is 2.03. The van der Waals surface area contributed by atoms with Crippen molar-refractivity contribution >= 4 is 12.0 Å². The number of amides is 2. The third kappa shape index (κ3) is 11.6. The smallest absolute Gasteiger partial charge is 0.315 e. The first kappa shape index (κ1) is 17.7. The number of carbonyl (C=O) groups is 2. The standard InChI is InChI=1S/C14H28N2O3/c1-4-5-6-8-11(2)15-14(19)16-12(3)9-7-10-13(17)18/h11-12H,4-10H2,1-3H3,(H,17,18)(H2,15,16,19). The van der Waals surface area contributed by atoms with Gasteiger partial charge in [0.15, 0.2) is 0 Å². The summed E-state index contributed by atoms with van der Waals surface area (Å²) in [6, 6.07) is 0.0202. The fraction of sp³-hybridized carbons (Fsp3) is 0.857. The molecule has 0 aromatic carbocycles. The Labute approximate surface area is 116 Å². The van der Waals surface area contributed by atoms with Gasteiger partial charge in [0.2, 0.25) is 0 Å². The van der Waals surface area contributed by atoms with Gasteiger partial charge in [0, 0.05) is 18.5 Å². The molecule has 2 unspecified atom stereocenters. The van der Waals surface area contributed by atoms with Gasteiger partial charge in [-0.25, -0.2) is 4.79 Å². The zero-order valence-corrected chi connectivity index (χ0v) is 12.4. The van der Waals surface area contributed by atoms with E-state index in [0.717, 1.165) is 12.8 Å². The Balaban J connectivity index is 3.68. The third-order valence-corrected chi connectivity index (χ3v) is 3.02. The van der Waals surface area contributed by atoms with E-state index in [9.17, 15) is 9.59 Å². The number of aliphatic carboxylic acids is 1. The summed E-state index contributed by atoms with van der Waals surface area (Å²) in [5.41, 5.74) is 0. The van der Waals surface area contributed by atoms with E-state index in [1.54, 1.807) is 0 Å². The van der Waals surface area contributed by atoms with Crippen LogP contribution in [-0.4, -0.2) is 29.2 Å². The molecule has 0 spiro atoms. The molecule has 0 aliphatic heterocycles. The highest BCUT2D eigenvalue weighted by molar-refractivity contribution is 5.74. The number of urea groups is 1. The highest BCUT2D eigenvalue weighted by Gasteiger charge is 2.10. The van der Waals surface area contributed by atoms with Crippen LogP contribution in [0.1, 0.15) is 65.7 Å². The minimum Gasteiger partial charge on any atom is -0.481 e. The van der Waals surface area contributed by atoms with Crippen LogP contribution in [-0.2, 0) is 4.79 Å². The van der Waals surface area contributed by atoms with Crippen LogP contribution in [0.3, 0.4) is 0 Å². The van der Waals surface area contributed by atoms with E-state index in [1.165, 1.54) is 12.8 Å². The first-order valence-electron chi connectivity index (χ1n) is 7.24. The van der Waals surface area contributed by atoms with Crippen LogP contribution in [0.25, 0.3) is 0 Å². The van der Waals surface area contributed by atoms with Gasteiger partial charge in [0.25, 0.3) is 0 Å². The second-order valence-corrected chi connectivity index (χ2v) is 5.20. The molecule has 5 heteroatoms. The van der Waals surface area contributed by atoms with Crippen molar-refractivity contribution in [3.63, 3.8) is 0 Å². The van der Waals surface area contributed by atoms with Crippen LogP contribution >= 0.6 is 0 Å². The minimum absolute atomic E-state index is 0.00203. The molecule has 0 aliphatic carbocycles. The fourth-order valence-corrected chi connectivity index (χ4v) is 1.89. The zero-order chi connectivity index (χ0) is 14.7. The van der Waals surface area contributed by atoms with Gasteiger partial charge in [0.1, 0.15) is 0 Å². The van der Waals surface area contributed by atoms with Gasteiger partial charge in [-0.3, -0.25) is 4.79 Å². The summed E-state index contributed by atoms with van der Waals surface area (Å²) in [6.07, 6.45) is 5.92. The van der Waals surface area contributed by atoms with Crippen molar-refractivity contribution in [2.24, 2.45) is 0 Å². The molecule has 112 valence electrons. The molecular formula is C14H28N2O3. The van der Waals surface area contributed by atoms with Crippen LogP contribution in [0.4, 0.5) is 4.79 Å². The Morgan fingerprint density at radius 1 is 1.00 bits per heavy atom. The Bertz CT molecular complexity index is 269. The first-order valence-corrected chi connectivity index (χ1v) is 7.24. The average molecular weight is 272 g/mol. The molecule has 3 N–H and O–H groups in total. The van der Waals surface area contributed by atoms with Crippen molar-refractivity contribution in [2.45, 2.75) is 77.8 Å². The second-order valence-electron chi connectivity index (χ2n) is 5.20. The largest absolute Gasteiger partial charge is 0.481 e. The molecule has 0 bridgehead atoms. The van der Waals surface area contributed by atoms with Gasteiger partial charge < -0.3 is 15.7 Å². The average Bonchev–Trinajstić information content (AvgIpc) is 2.28. The van der Waals surface area contributed by atoms with Crippen LogP contribution in [0.5, 0.6) is 0 Å². The van der Waals surface area contributed by atoms with E-state index >= 15 is 0 Å². The van der Waals surface area contributed by atoms with Crippen molar-refractivity contribution < 1.29 is 14.7 Å². The molecule has 0 radical (unpaired) electrons. The summed E-state index contributed by atoms with van der Waals surface area (Å²) in [5.74, 6) is -0.791. The van der Waals surface area contributed by atoms with Crippen molar-refractivity contribution in [1.82, 2.24) is 10.6 Å². The van der Waals surface area contributed by atoms with E-state index in [0.29, 0.717) is 12.8 Å². The Kier molecular flexibility index (Phi) is 9.94. The summed E-state index contributed by atoms with van der Waals surface area (Å²) in [4.78, 5) is 22.0. The van der Waals surface area contributed by atoms with Gasteiger partial charge in [-0.05, 0) is 33.1 Å². The number of rotatable bonds is 10. The minimum atomic E-state index is -0.791. The van der Waals surface area contributed by atoms with E-state index in [-0.39, 0.29) is 24.5 Å². The first-order chi connectivity index (χ1) is 8.95. The van der Waals surface area contributed by atoms with E-state index < -0.39 is 5.97 Å². The van der Waals surface area contributed by atoms with Gasteiger partial charge in [-0.1, -0.05) is 26.2 Å². The number of hydrogen-bond acceptors (Lipinski definition) is 2. The molecule has 2 atom stereocenters. The summed E-state index contributed by atoms with van der Waals surface area (Å²) in [5, 5.41) is 14.3. The predicted molar refractivity (Wildman–Crippen MR) is 76.2 cm³/mol. The molecule has 0 fully saturated rings. The molecule has 0 heterocycles. The quantitative estimate of drug-likeness (QED) is 0.535. The Morgan fingerprint density at radius 3 is 2.00 bits per heavy atom.